The molecule has 18 heavy (non-hydrogen) atoms. The minimum Gasteiger partial charge on any atom is -0.508 e. The first kappa shape index (κ1) is 14.9. The fraction of sp³-hybridized carbons (Fsp3) is 0.500. The Labute approximate surface area is 108 Å². The summed E-state index contributed by atoms with van der Waals surface area (Å²) in [6.45, 7) is 4.11. The van der Waals surface area contributed by atoms with Gasteiger partial charge in [-0.05, 0) is 31.5 Å². The van der Waals surface area contributed by atoms with Crippen LogP contribution in [0.1, 0.15) is 19.4 Å². The van der Waals surface area contributed by atoms with E-state index in [1.165, 1.54) is 12.1 Å². The Kier molecular flexibility index (Phi) is 5.58. The Morgan fingerprint density at radius 2 is 1.89 bits per heavy atom. The summed E-state index contributed by atoms with van der Waals surface area (Å²) in [7, 11) is -3.32. The van der Waals surface area contributed by atoms with Gasteiger partial charge in [-0.2, -0.15) is 0 Å². The molecule has 6 heteroatoms. The van der Waals surface area contributed by atoms with Crippen molar-refractivity contribution in [2.75, 3.05) is 12.4 Å². The third-order valence-electron chi connectivity index (χ3n) is 2.24. The molecule has 0 saturated heterocycles. The van der Waals surface area contributed by atoms with Crippen molar-refractivity contribution in [2.24, 2.45) is 0 Å². The maximum atomic E-state index is 11.6. The average Bonchev–Trinajstić information content (AvgIpc) is 2.27. The number of ether oxygens (including phenoxy) is 1. The molecule has 0 aliphatic carbocycles. The molecule has 1 rings (SSSR count). The second kappa shape index (κ2) is 6.72. The lowest BCUT2D eigenvalue weighted by Gasteiger charge is -2.09. The van der Waals surface area contributed by atoms with Crippen LogP contribution in [0.5, 0.6) is 5.75 Å². The minimum absolute atomic E-state index is 0.0253. The van der Waals surface area contributed by atoms with E-state index in [2.05, 4.69) is 4.72 Å². The first-order chi connectivity index (χ1) is 8.39. The number of hydrogen-bond donors (Lipinski definition) is 2. The molecular formula is C12H19NO4S. The Morgan fingerprint density at radius 3 is 2.44 bits per heavy atom. The van der Waals surface area contributed by atoms with Crippen molar-refractivity contribution in [1.29, 1.82) is 0 Å². The van der Waals surface area contributed by atoms with E-state index >= 15 is 0 Å². The zero-order valence-corrected chi connectivity index (χ0v) is 11.4. The highest BCUT2D eigenvalue weighted by atomic mass is 32.2. The van der Waals surface area contributed by atoms with E-state index in [0.717, 1.165) is 5.56 Å². The van der Waals surface area contributed by atoms with Crippen LogP contribution in [0.15, 0.2) is 24.3 Å². The van der Waals surface area contributed by atoms with Gasteiger partial charge in [-0.3, -0.25) is 0 Å². The lowest BCUT2D eigenvalue weighted by Crippen LogP contribution is -2.28. The molecular weight excluding hydrogens is 254 g/mol. The van der Waals surface area contributed by atoms with Gasteiger partial charge in [0.15, 0.2) is 0 Å². The third kappa shape index (κ3) is 6.00. The van der Waals surface area contributed by atoms with Gasteiger partial charge in [-0.1, -0.05) is 12.1 Å². The molecule has 1 aromatic carbocycles. The van der Waals surface area contributed by atoms with Gasteiger partial charge in [0.1, 0.15) is 5.75 Å². The molecule has 0 saturated carbocycles. The number of aromatic hydroxyl groups is 1. The van der Waals surface area contributed by atoms with Crippen molar-refractivity contribution in [3.63, 3.8) is 0 Å². The number of sulfonamides is 1. The molecule has 0 fully saturated rings. The molecule has 1 aromatic rings. The zero-order chi connectivity index (χ0) is 13.6. The molecule has 0 heterocycles. The normalized spacial score (nSPS) is 11.9. The number of phenols is 1. The molecule has 0 radical (unpaired) electrons. The van der Waals surface area contributed by atoms with Crippen LogP contribution in [0.25, 0.3) is 0 Å². The van der Waals surface area contributed by atoms with Crippen LogP contribution in [0.2, 0.25) is 0 Å². The molecule has 0 aliphatic rings. The Morgan fingerprint density at radius 1 is 1.28 bits per heavy atom. The fourth-order valence-corrected chi connectivity index (χ4v) is 2.12. The average molecular weight is 273 g/mol. The molecule has 5 nitrogen and oxygen atoms in total. The summed E-state index contributed by atoms with van der Waals surface area (Å²) in [5, 5.41) is 9.10. The number of rotatable bonds is 7. The zero-order valence-electron chi connectivity index (χ0n) is 10.6. The first-order valence-corrected chi connectivity index (χ1v) is 7.41. The Balaban J connectivity index is 2.39. The standard InChI is InChI=1S/C12H19NO4S/c1-10(2)17-7-8-18(15,16)13-9-11-3-5-12(14)6-4-11/h3-6,10,13-14H,7-9H2,1-2H3. The van der Waals surface area contributed by atoms with Crippen molar-refractivity contribution >= 4 is 10.0 Å². The summed E-state index contributed by atoms with van der Waals surface area (Å²) in [5.74, 6) is 0.107. The molecule has 0 unspecified atom stereocenters. The van der Waals surface area contributed by atoms with Crippen molar-refractivity contribution in [1.82, 2.24) is 4.72 Å². The maximum absolute atomic E-state index is 11.6. The van der Waals surface area contributed by atoms with E-state index in [1.807, 2.05) is 13.8 Å². The van der Waals surface area contributed by atoms with Crippen LogP contribution in [-0.2, 0) is 21.3 Å². The molecule has 0 amide bonds. The summed E-state index contributed by atoms with van der Waals surface area (Å²) in [5.41, 5.74) is 0.793. The van der Waals surface area contributed by atoms with Crippen molar-refractivity contribution < 1.29 is 18.3 Å². The summed E-state index contributed by atoms with van der Waals surface area (Å²) in [4.78, 5) is 0. The highest BCUT2D eigenvalue weighted by molar-refractivity contribution is 7.89. The number of nitrogens with one attached hydrogen (secondary N) is 1. The van der Waals surface area contributed by atoms with Gasteiger partial charge in [-0.15, -0.1) is 0 Å². The van der Waals surface area contributed by atoms with Gasteiger partial charge in [-0.25, -0.2) is 13.1 Å². The summed E-state index contributed by atoms with van der Waals surface area (Å²) in [6.07, 6.45) is 0.0253. The molecule has 2 N–H and O–H groups in total. The lowest BCUT2D eigenvalue weighted by atomic mass is 10.2. The van der Waals surface area contributed by atoms with Crippen LogP contribution in [0.3, 0.4) is 0 Å². The van der Waals surface area contributed by atoms with Gasteiger partial charge in [0.25, 0.3) is 0 Å². The number of benzene rings is 1. The summed E-state index contributed by atoms with van der Waals surface area (Å²) >= 11 is 0. The van der Waals surface area contributed by atoms with E-state index < -0.39 is 10.0 Å². The topological polar surface area (TPSA) is 75.6 Å². The van der Waals surface area contributed by atoms with Crippen molar-refractivity contribution in [3.05, 3.63) is 29.8 Å². The van der Waals surface area contributed by atoms with Crippen LogP contribution < -0.4 is 4.72 Å². The molecule has 102 valence electrons. The highest BCUT2D eigenvalue weighted by Gasteiger charge is 2.10. The monoisotopic (exact) mass is 273 g/mol. The summed E-state index contributed by atoms with van der Waals surface area (Å²) < 4.78 is 30.9. The molecule has 0 bridgehead atoms. The largest absolute Gasteiger partial charge is 0.508 e. The van der Waals surface area contributed by atoms with E-state index in [-0.39, 0.29) is 30.8 Å². The van der Waals surface area contributed by atoms with Gasteiger partial charge >= 0.3 is 0 Å². The molecule has 0 aliphatic heterocycles. The molecule has 0 aromatic heterocycles. The van der Waals surface area contributed by atoms with Crippen LogP contribution in [0, 0.1) is 0 Å². The van der Waals surface area contributed by atoms with Gasteiger partial charge in [0, 0.05) is 6.54 Å². The van der Waals surface area contributed by atoms with Crippen molar-refractivity contribution in [3.8, 4) is 5.75 Å². The Hall–Kier alpha value is -1.11. The molecule has 0 atom stereocenters. The van der Waals surface area contributed by atoms with E-state index in [1.54, 1.807) is 12.1 Å². The lowest BCUT2D eigenvalue weighted by molar-refractivity contribution is 0.0911. The van der Waals surface area contributed by atoms with Gasteiger partial charge in [0.05, 0.1) is 18.5 Å². The number of hydrogen-bond acceptors (Lipinski definition) is 4. The smallest absolute Gasteiger partial charge is 0.214 e. The molecule has 0 spiro atoms. The van der Waals surface area contributed by atoms with Crippen LogP contribution >= 0.6 is 0 Å². The fourth-order valence-electron chi connectivity index (χ4n) is 1.27. The van der Waals surface area contributed by atoms with E-state index in [0.29, 0.717) is 0 Å². The predicted octanol–water partition coefficient (Wildman–Crippen LogP) is 1.24. The number of phenolic OH excluding ortho intramolecular Hbond substituents is 1. The summed E-state index contributed by atoms with van der Waals surface area (Å²) in [6, 6.07) is 6.38. The van der Waals surface area contributed by atoms with E-state index in [9.17, 15) is 8.42 Å². The second-order valence-electron chi connectivity index (χ2n) is 4.23. The Bertz CT molecular complexity index is 453. The van der Waals surface area contributed by atoms with Crippen LogP contribution in [-0.4, -0.2) is 32.0 Å². The quantitative estimate of drug-likeness (QED) is 0.783. The second-order valence-corrected chi connectivity index (χ2v) is 6.15. The highest BCUT2D eigenvalue weighted by Crippen LogP contribution is 2.09. The van der Waals surface area contributed by atoms with E-state index in [4.69, 9.17) is 9.84 Å². The first-order valence-electron chi connectivity index (χ1n) is 5.76. The minimum atomic E-state index is -3.32. The predicted molar refractivity (Wildman–Crippen MR) is 69.8 cm³/mol. The van der Waals surface area contributed by atoms with Crippen LogP contribution in [0.4, 0.5) is 0 Å². The maximum Gasteiger partial charge on any atom is 0.214 e. The third-order valence-corrected chi connectivity index (χ3v) is 3.52. The SMILES string of the molecule is CC(C)OCCS(=O)(=O)NCc1ccc(O)cc1. The van der Waals surface area contributed by atoms with Gasteiger partial charge in [0.2, 0.25) is 10.0 Å². The van der Waals surface area contributed by atoms with Crippen molar-refractivity contribution in [2.45, 2.75) is 26.5 Å². The van der Waals surface area contributed by atoms with Gasteiger partial charge < -0.3 is 9.84 Å².